The number of rotatable bonds is 3. The maximum atomic E-state index is 12.6. The Bertz CT molecular complexity index is 919. The van der Waals surface area contributed by atoms with Gasteiger partial charge in [-0.05, 0) is 42.8 Å². The molecule has 1 amide bonds. The molecule has 26 heavy (non-hydrogen) atoms. The van der Waals surface area contributed by atoms with Gasteiger partial charge in [0, 0.05) is 30.6 Å². The van der Waals surface area contributed by atoms with E-state index in [1.807, 2.05) is 59.5 Å². The van der Waals surface area contributed by atoms with Gasteiger partial charge in [0.25, 0.3) is 5.91 Å². The van der Waals surface area contributed by atoms with Crippen LogP contribution >= 0.6 is 0 Å². The number of hydrogen-bond donors (Lipinski definition) is 2. The minimum atomic E-state index is 0.113. The molecule has 1 aromatic heterocycles. The number of amides is 1. The van der Waals surface area contributed by atoms with Gasteiger partial charge in [0.1, 0.15) is 0 Å². The average Bonchev–Trinajstić information content (AvgIpc) is 2.90. The summed E-state index contributed by atoms with van der Waals surface area (Å²) in [5.74, 6) is 0.113. The summed E-state index contributed by atoms with van der Waals surface area (Å²) in [6, 6.07) is 15.8. The smallest absolute Gasteiger partial charge is 0.253 e. The molecule has 0 atom stereocenters. The molecule has 5 nitrogen and oxygen atoms in total. The van der Waals surface area contributed by atoms with Crippen molar-refractivity contribution in [2.45, 2.75) is 6.42 Å². The highest BCUT2D eigenvalue weighted by atomic mass is 16.2. The zero-order valence-electron chi connectivity index (χ0n) is 14.6. The molecule has 0 saturated carbocycles. The normalized spacial score (nSPS) is 15.5. The van der Waals surface area contributed by atoms with Gasteiger partial charge in [-0.1, -0.05) is 36.4 Å². The fourth-order valence-corrected chi connectivity index (χ4v) is 3.26. The van der Waals surface area contributed by atoms with Crippen LogP contribution in [0.15, 0.2) is 48.5 Å². The van der Waals surface area contributed by atoms with E-state index in [0.29, 0.717) is 0 Å². The van der Waals surface area contributed by atoms with Gasteiger partial charge in [-0.3, -0.25) is 9.89 Å². The van der Waals surface area contributed by atoms with Crippen LogP contribution in [0.2, 0.25) is 0 Å². The largest absolute Gasteiger partial charge is 0.337 e. The van der Waals surface area contributed by atoms with Gasteiger partial charge < -0.3 is 10.2 Å². The van der Waals surface area contributed by atoms with E-state index in [0.717, 1.165) is 60.3 Å². The lowest BCUT2D eigenvalue weighted by molar-refractivity contribution is 0.0766. The van der Waals surface area contributed by atoms with Crippen molar-refractivity contribution in [3.8, 4) is 0 Å². The van der Waals surface area contributed by atoms with Crippen molar-refractivity contribution in [2.24, 2.45) is 0 Å². The third-order valence-electron chi connectivity index (χ3n) is 4.72. The van der Waals surface area contributed by atoms with E-state index < -0.39 is 0 Å². The number of para-hydroxylation sites is 1. The number of aromatic nitrogens is 2. The lowest BCUT2D eigenvalue weighted by Crippen LogP contribution is -2.34. The molecule has 1 aliphatic heterocycles. The van der Waals surface area contributed by atoms with E-state index in [9.17, 15) is 4.79 Å². The third kappa shape index (κ3) is 3.53. The highest BCUT2D eigenvalue weighted by molar-refractivity contribution is 5.94. The van der Waals surface area contributed by atoms with Crippen LogP contribution in [0.1, 0.15) is 28.0 Å². The van der Waals surface area contributed by atoms with Gasteiger partial charge in [-0.15, -0.1) is 0 Å². The first-order chi connectivity index (χ1) is 12.8. The first kappa shape index (κ1) is 16.5. The van der Waals surface area contributed by atoms with Crippen LogP contribution in [0.3, 0.4) is 0 Å². The van der Waals surface area contributed by atoms with Crippen molar-refractivity contribution in [3.05, 3.63) is 65.4 Å². The van der Waals surface area contributed by atoms with Crippen molar-refractivity contribution in [1.82, 2.24) is 20.4 Å². The maximum Gasteiger partial charge on any atom is 0.253 e. The van der Waals surface area contributed by atoms with Gasteiger partial charge in [0.2, 0.25) is 0 Å². The van der Waals surface area contributed by atoms with Crippen LogP contribution in [0, 0.1) is 0 Å². The molecule has 0 bridgehead atoms. The van der Waals surface area contributed by atoms with Crippen LogP contribution in [-0.2, 0) is 0 Å². The van der Waals surface area contributed by atoms with Crippen molar-refractivity contribution < 1.29 is 4.79 Å². The summed E-state index contributed by atoms with van der Waals surface area (Å²) in [6.45, 7) is 3.44. The monoisotopic (exact) mass is 346 g/mol. The Morgan fingerprint density at radius 1 is 1.00 bits per heavy atom. The number of hydrogen-bond acceptors (Lipinski definition) is 3. The molecule has 5 heteroatoms. The summed E-state index contributed by atoms with van der Waals surface area (Å²) in [5.41, 5.74) is 3.73. The van der Waals surface area contributed by atoms with Gasteiger partial charge in [-0.25, -0.2) is 0 Å². The quantitative estimate of drug-likeness (QED) is 0.766. The molecule has 1 saturated heterocycles. The summed E-state index contributed by atoms with van der Waals surface area (Å²) in [6.07, 6.45) is 5.02. The Balaban J connectivity index is 1.48. The van der Waals surface area contributed by atoms with E-state index in [1.165, 1.54) is 0 Å². The fraction of sp³-hybridized carbons (Fsp3) is 0.238. The summed E-state index contributed by atoms with van der Waals surface area (Å²) in [4.78, 5) is 14.6. The number of H-pyrrole nitrogens is 1. The Hall–Kier alpha value is -2.92. The molecule has 2 aromatic carbocycles. The molecule has 0 spiro atoms. The number of fused-ring (bicyclic) bond motifs is 1. The average molecular weight is 346 g/mol. The molecule has 0 aliphatic carbocycles. The first-order valence-corrected chi connectivity index (χ1v) is 9.02. The Morgan fingerprint density at radius 2 is 1.85 bits per heavy atom. The molecular weight excluding hydrogens is 324 g/mol. The van der Waals surface area contributed by atoms with E-state index in [-0.39, 0.29) is 5.91 Å². The first-order valence-electron chi connectivity index (χ1n) is 9.02. The minimum Gasteiger partial charge on any atom is -0.337 e. The Labute approximate surface area is 152 Å². The third-order valence-corrected chi connectivity index (χ3v) is 4.72. The SMILES string of the molecule is O=C(c1ccc(/C=C/c2n[nH]c3ccccc23)cc1)N1CCCNCC1. The number of benzene rings is 2. The molecule has 1 fully saturated rings. The van der Waals surface area contributed by atoms with Gasteiger partial charge in [-0.2, -0.15) is 5.10 Å². The predicted molar refractivity (Wildman–Crippen MR) is 105 cm³/mol. The number of nitrogens with zero attached hydrogens (tertiary/aromatic N) is 2. The zero-order valence-corrected chi connectivity index (χ0v) is 14.6. The van der Waals surface area contributed by atoms with E-state index in [2.05, 4.69) is 21.6 Å². The highest BCUT2D eigenvalue weighted by Gasteiger charge is 2.16. The van der Waals surface area contributed by atoms with Crippen LogP contribution in [0.5, 0.6) is 0 Å². The Morgan fingerprint density at radius 3 is 2.73 bits per heavy atom. The fourth-order valence-electron chi connectivity index (χ4n) is 3.26. The Kier molecular flexibility index (Phi) is 4.80. The predicted octanol–water partition coefficient (Wildman–Crippen LogP) is 3.17. The van der Waals surface area contributed by atoms with Gasteiger partial charge in [0.15, 0.2) is 0 Å². The minimum absolute atomic E-state index is 0.113. The topological polar surface area (TPSA) is 61.0 Å². The standard InChI is InChI=1S/C21H22N4O/c26-21(25-14-3-12-22-13-15-25)17-9-6-16(7-10-17)8-11-20-18-4-1-2-5-19(18)23-24-20/h1-2,4-11,22H,3,12-15H2,(H,23,24)/b11-8+. The van der Waals surface area contributed by atoms with E-state index >= 15 is 0 Å². The highest BCUT2D eigenvalue weighted by Crippen LogP contribution is 2.18. The van der Waals surface area contributed by atoms with Gasteiger partial charge in [0.05, 0.1) is 11.2 Å². The lowest BCUT2D eigenvalue weighted by atomic mass is 10.1. The summed E-state index contributed by atoms with van der Waals surface area (Å²) >= 11 is 0. The lowest BCUT2D eigenvalue weighted by Gasteiger charge is -2.19. The summed E-state index contributed by atoms with van der Waals surface area (Å²) < 4.78 is 0. The molecular formula is C21H22N4O. The maximum absolute atomic E-state index is 12.6. The van der Waals surface area contributed by atoms with E-state index in [4.69, 9.17) is 0 Å². The second-order valence-corrected chi connectivity index (χ2v) is 6.51. The molecule has 0 radical (unpaired) electrons. The van der Waals surface area contributed by atoms with Crippen LogP contribution in [0.4, 0.5) is 0 Å². The van der Waals surface area contributed by atoms with Crippen LogP contribution in [0.25, 0.3) is 23.1 Å². The number of carbonyl (C=O) groups is 1. The second kappa shape index (κ2) is 7.54. The van der Waals surface area contributed by atoms with Crippen LogP contribution < -0.4 is 5.32 Å². The molecule has 4 rings (SSSR count). The molecule has 3 aromatic rings. The summed E-state index contributed by atoms with van der Waals surface area (Å²) in [5, 5.41) is 11.8. The van der Waals surface area contributed by atoms with E-state index in [1.54, 1.807) is 0 Å². The molecule has 132 valence electrons. The van der Waals surface area contributed by atoms with Crippen molar-refractivity contribution >= 4 is 29.0 Å². The number of carbonyl (C=O) groups excluding carboxylic acids is 1. The van der Waals surface area contributed by atoms with Crippen molar-refractivity contribution in [2.75, 3.05) is 26.2 Å². The molecule has 1 aliphatic rings. The molecule has 0 unspecified atom stereocenters. The number of aromatic amines is 1. The van der Waals surface area contributed by atoms with Crippen LogP contribution in [-0.4, -0.2) is 47.2 Å². The van der Waals surface area contributed by atoms with Crippen molar-refractivity contribution in [1.29, 1.82) is 0 Å². The molecule has 2 heterocycles. The summed E-state index contributed by atoms with van der Waals surface area (Å²) in [7, 11) is 0. The van der Waals surface area contributed by atoms with Crippen molar-refractivity contribution in [3.63, 3.8) is 0 Å². The second-order valence-electron chi connectivity index (χ2n) is 6.51. The molecule has 2 N–H and O–H groups in total. The zero-order chi connectivity index (χ0) is 17.8. The number of nitrogens with one attached hydrogen (secondary N) is 2. The van der Waals surface area contributed by atoms with Gasteiger partial charge >= 0.3 is 0 Å².